The van der Waals surface area contributed by atoms with E-state index in [1.807, 2.05) is 0 Å². The summed E-state index contributed by atoms with van der Waals surface area (Å²) < 4.78 is 0. The Hall–Kier alpha value is -0.720. The van der Waals surface area contributed by atoms with Crippen molar-refractivity contribution >= 4 is 0 Å². The van der Waals surface area contributed by atoms with Crippen LogP contribution in [0.25, 0.3) is 0 Å². The van der Waals surface area contributed by atoms with Crippen LogP contribution in [0.5, 0.6) is 0 Å². The van der Waals surface area contributed by atoms with Gasteiger partial charge in [0, 0.05) is 13.1 Å². The Balaban J connectivity index is 2.41. The minimum atomic E-state index is 1.22. The van der Waals surface area contributed by atoms with E-state index in [0.717, 1.165) is 0 Å². The van der Waals surface area contributed by atoms with Crippen molar-refractivity contribution in [3.63, 3.8) is 0 Å². The molecule has 0 aliphatic carbocycles. The first-order valence-corrected chi connectivity index (χ1v) is 6.48. The van der Waals surface area contributed by atoms with Crippen molar-refractivity contribution in [3.05, 3.63) is 23.9 Å². The summed E-state index contributed by atoms with van der Waals surface area (Å²) in [6.07, 6.45) is 14.7. The molecule has 1 aliphatic heterocycles. The Morgan fingerprint density at radius 3 is 2.47 bits per heavy atom. The van der Waals surface area contributed by atoms with E-state index >= 15 is 0 Å². The second kappa shape index (κ2) is 7.56. The van der Waals surface area contributed by atoms with Gasteiger partial charge in [0.25, 0.3) is 0 Å². The molecule has 1 heterocycles. The largest absolute Gasteiger partial charge is 0.377 e. The van der Waals surface area contributed by atoms with Gasteiger partial charge in [-0.15, -0.1) is 0 Å². The maximum atomic E-state index is 2.44. The molecule has 0 radical (unpaired) electrons. The molecule has 1 rings (SSSR count). The molecule has 0 atom stereocenters. The van der Waals surface area contributed by atoms with Crippen LogP contribution in [0.2, 0.25) is 0 Å². The van der Waals surface area contributed by atoms with Crippen molar-refractivity contribution in [1.29, 1.82) is 0 Å². The van der Waals surface area contributed by atoms with E-state index < -0.39 is 0 Å². The van der Waals surface area contributed by atoms with Crippen LogP contribution in [0.3, 0.4) is 0 Å². The van der Waals surface area contributed by atoms with Gasteiger partial charge in [-0.05, 0) is 38.0 Å². The second-order valence-corrected chi connectivity index (χ2v) is 4.38. The Morgan fingerprint density at radius 2 is 1.87 bits per heavy atom. The van der Waals surface area contributed by atoms with Crippen LogP contribution in [0, 0.1) is 0 Å². The predicted octanol–water partition coefficient (Wildman–Crippen LogP) is 4.12. The van der Waals surface area contributed by atoms with Gasteiger partial charge in [0.2, 0.25) is 0 Å². The second-order valence-electron chi connectivity index (χ2n) is 4.38. The SMILES string of the molecule is CCC/C=C(/C=C/N1CCCC1)CCC. The zero-order chi connectivity index (χ0) is 10.9. The first-order valence-electron chi connectivity index (χ1n) is 6.48. The van der Waals surface area contributed by atoms with E-state index in [-0.39, 0.29) is 0 Å². The molecule has 1 saturated heterocycles. The third kappa shape index (κ3) is 5.06. The van der Waals surface area contributed by atoms with E-state index in [2.05, 4.69) is 37.1 Å². The highest BCUT2D eigenvalue weighted by Gasteiger charge is 2.05. The highest BCUT2D eigenvalue weighted by atomic mass is 15.1. The van der Waals surface area contributed by atoms with Gasteiger partial charge >= 0.3 is 0 Å². The van der Waals surface area contributed by atoms with Crippen molar-refractivity contribution < 1.29 is 0 Å². The molecule has 0 aromatic rings. The number of hydrogen-bond donors (Lipinski definition) is 0. The highest BCUT2D eigenvalue weighted by Crippen LogP contribution is 2.12. The fourth-order valence-electron chi connectivity index (χ4n) is 1.96. The maximum Gasteiger partial charge on any atom is 0.0173 e. The lowest BCUT2D eigenvalue weighted by atomic mass is 10.1. The van der Waals surface area contributed by atoms with Gasteiger partial charge in [-0.3, -0.25) is 0 Å². The minimum absolute atomic E-state index is 1.22. The first-order chi connectivity index (χ1) is 7.36. The normalized spacial score (nSPS) is 18.0. The lowest BCUT2D eigenvalue weighted by Gasteiger charge is -2.10. The monoisotopic (exact) mass is 207 g/mol. The number of hydrogen-bond acceptors (Lipinski definition) is 1. The molecule has 0 spiro atoms. The van der Waals surface area contributed by atoms with Crippen molar-refractivity contribution in [2.75, 3.05) is 13.1 Å². The zero-order valence-electron chi connectivity index (χ0n) is 10.3. The molecule has 1 nitrogen and oxygen atoms in total. The highest BCUT2D eigenvalue weighted by molar-refractivity contribution is 5.18. The summed E-state index contributed by atoms with van der Waals surface area (Å²) in [7, 11) is 0. The van der Waals surface area contributed by atoms with Crippen LogP contribution in [-0.2, 0) is 0 Å². The minimum Gasteiger partial charge on any atom is -0.377 e. The van der Waals surface area contributed by atoms with E-state index in [4.69, 9.17) is 0 Å². The lowest BCUT2D eigenvalue weighted by Crippen LogP contribution is -2.10. The number of rotatable bonds is 6. The quantitative estimate of drug-likeness (QED) is 0.592. The van der Waals surface area contributed by atoms with Gasteiger partial charge < -0.3 is 4.90 Å². The predicted molar refractivity (Wildman–Crippen MR) is 67.8 cm³/mol. The van der Waals surface area contributed by atoms with Crippen molar-refractivity contribution in [1.82, 2.24) is 4.90 Å². The summed E-state index contributed by atoms with van der Waals surface area (Å²) in [6.45, 7) is 7.00. The molecule has 1 heteroatoms. The fraction of sp³-hybridized carbons (Fsp3) is 0.714. The number of unbranched alkanes of at least 4 members (excludes halogenated alkanes) is 1. The maximum absolute atomic E-state index is 2.44. The third-order valence-electron chi connectivity index (χ3n) is 2.87. The van der Waals surface area contributed by atoms with E-state index in [9.17, 15) is 0 Å². The number of likely N-dealkylation sites (tertiary alicyclic amines) is 1. The average Bonchev–Trinajstić information content (AvgIpc) is 2.75. The molecule has 1 fully saturated rings. The number of nitrogens with zero attached hydrogens (tertiary/aromatic N) is 1. The molecule has 0 N–H and O–H groups in total. The van der Waals surface area contributed by atoms with Gasteiger partial charge in [-0.2, -0.15) is 0 Å². The molecule has 0 bridgehead atoms. The standard InChI is InChI=1S/C14H25N/c1-3-5-9-14(8-4-2)10-13-15-11-6-7-12-15/h9-10,13H,3-8,11-12H2,1-2H3/b13-10+,14-9+. The molecule has 0 aromatic carbocycles. The van der Waals surface area contributed by atoms with Crippen LogP contribution >= 0.6 is 0 Å². The van der Waals surface area contributed by atoms with Crippen LogP contribution in [-0.4, -0.2) is 18.0 Å². The Kier molecular flexibility index (Phi) is 6.22. The summed E-state index contributed by atoms with van der Waals surface area (Å²) >= 11 is 0. The molecular formula is C14H25N. The summed E-state index contributed by atoms with van der Waals surface area (Å²) in [5, 5.41) is 0. The molecular weight excluding hydrogens is 182 g/mol. The third-order valence-corrected chi connectivity index (χ3v) is 2.87. The molecule has 1 aliphatic rings. The summed E-state index contributed by atoms with van der Waals surface area (Å²) in [5.41, 5.74) is 1.52. The summed E-state index contributed by atoms with van der Waals surface area (Å²) in [5.74, 6) is 0. The van der Waals surface area contributed by atoms with Crippen LogP contribution in [0.1, 0.15) is 52.4 Å². The van der Waals surface area contributed by atoms with Gasteiger partial charge in [0.1, 0.15) is 0 Å². The fourth-order valence-corrected chi connectivity index (χ4v) is 1.96. The van der Waals surface area contributed by atoms with Gasteiger partial charge in [-0.1, -0.05) is 38.3 Å². The van der Waals surface area contributed by atoms with E-state index in [1.54, 1.807) is 0 Å². The molecule has 86 valence electrons. The van der Waals surface area contributed by atoms with Gasteiger partial charge in [0.15, 0.2) is 0 Å². The first kappa shape index (κ1) is 12.4. The topological polar surface area (TPSA) is 3.24 Å². The molecule has 15 heavy (non-hydrogen) atoms. The van der Waals surface area contributed by atoms with Crippen LogP contribution in [0.15, 0.2) is 23.9 Å². The number of allylic oxidation sites excluding steroid dienone is 3. The Labute approximate surface area is 94.9 Å². The molecule has 0 amide bonds. The zero-order valence-corrected chi connectivity index (χ0v) is 10.3. The Morgan fingerprint density at radius 1 is 1.13 bits per heavy atom. The van der Waals surface area contributed by atoms with Gasteiger partial charge in [-0.25, -0.2) is 0 Å². The summed E-state index contributed by atoms with van der Waals surface area (Å²) in [4.78, 5) is 2.44. The van der Waals surface area contributed by atoms with E-state index in [1.165, 1.54) is 57.2 Å². The van der Waals surface area contributed by atoms with Crippen molar-refractivity contribution in [2.24, 2.45) is 0 Å². The van der Waals surface area contributed by atoms with Crippen LogP contribution in [0.4, 0.5) is 0 Å². The van der Waals surface area contributed by atoms with Crippen molar-refractivity contribution in [2.45, 2.75) is 52.4 Å². The van der Waals surface area contributed by atoms with E-state index in [0.29, 0.717) is 0 Å². The summed E-state index contributed by atoms with van der Waals surface area (Å²) in [6, 6.07) is 0. The lowest BCUT2D eigenvalue weighted by molar-refractivity contribution is 0.467. The van der Waals surface area contributed by atoms with Crippen molar-refractivity contribution in [3.8, 4) is 0 Å². The Bertz CT molecular complexity index is 209. The molecule has 0 saturated carbocycles. The average molecular weight is 207 g/mol. The molecule has 0 unspecified atom stereocenters. The van der Waals surface area contributed by atoms with Gasteiger partial charge in [0.05, 0.1) is 0 Å². The smallest absolute Gasteiger partial charge is 0.0173 e. The molecule has 0 aromatic heterocycles. The van der Waals surface area contributed by atoms with Crippen LogP contribution < -0.4 is 0 Å².